The van der Waals surface area contributed by atoms with E-state index in [9.17, 15) is 14.7 Å². The molecule has 0 aliphatic carbocycles. The van der Waals surface area contributed by atoms with Crippen LogP contribution in [0.15, 0.2) is 18.2 Å². The van der Waals surface area contributed by atoms with Gasteiger partial charge in [-0.25, -0.2) is 0 Å². The number of nitrogens with two attached hydrogens (primary N) is 1. The first kappa shape index (κ1) is 21.8. The fraction of sp³-hybridized carbons (Fsp3) is 0.600. The van der Waals surface area contributed by atoms with E-state index in [1.54, 1.807) is 26.8 Å². The molecule has 6 nitrogen and oxygen atoms in total. The monoisotopic (exact) mass is 395 g/mol. The second-order valence-corrected chi connectivity index (χ2v) is 8.55. The standard InChI is InChI=1S/C20H30ClN3O3/c1-20(2,3)17(25)19(27)24(18(26)16-5-4-9-23-16)10-8-13-11-15(21)7-6-14(13)12-22/h6-7,11,16-17,23,25H,4-5,8-10,12,22H2,1-3H3/t16-,17-/m0/s1. The molecule has 0 saturated carbocycles. The van der Waals surface area contributed by atoms with Crippen molar-refractivity contribution in [3.63, 3.8) is 0 Å². The van der Waals surface area contributed by atoms with Crippen molar-refractivity contribution in [1.29, 1.82) is 0 Å². The van der Waals surface area contributed by atoms with E-state index < -0.39 is 17.4 Å². The number of aliphatic hydroxyl groups excluding tert-OH is 1. The number of carbonyl (C=O) groups excluding carboxylic acids is 2. The zero-order valence-electron chi connectivity index (χ0n) is 16.3. The zero-order chi connectivity index (χ0) is 20.2. The van der Waals surface area contributed by atoms with Gasteiger partial charge >= 0.3 is 0 Å². The third-order valence-electron chi connectivity index (χ3n) is 4.94. The summed E-state index contributed by atoms with van der Waals surface area (Å²) >= 11 is 6.09. The Labute approximate surface area is 166 Å². The van der Waals surface area contributed by atoms with Gasteiger partial charge in [0.05, 0.1) is 6.04 Å². The maximum Gasteiger partial charge on any atom is 0.258 e. The fourth-order valence-corrected chi connectivity index (χ4v) is 3.38. The molecule has 0 aromatic heterocycles. The normalized spacial score (nSPS) is 18.4. The first-order valence-corrected chi connectivity index (χ1v) is 9.77. The second-order valence-electron chi connectivity index (χ2n) is 8.11. The van der Waals surface area contributed by atoms with Crippen molar-refractivity contribution < 1.29 is 14.7 Å². The molecule has 0 radical (unpaired) electrons. The summed E-state index contributed by atoms with van der Waals surface area (Å²) in [4.78, 5) is 27.0. The summed E-state index contributed by atoms with van der Waals surface area (Å²) in [6.45, 7) is 6.60. The van der Waals surface area contributed by atoms with Crippen LogP contribution in [0.5, 0.6) is 0 Å². The predicted molar refractivity (Wildman–Crippen MR) is 106 cm³/mol. The third kappa shape index (κ3) is 5.51. The van der Waals surface area contributed by atoms with E-state index in [2.05, 4.69) is 5.32 Å². The van der Waals surface area contributed by atoms with E-state index in [4.69, 9.17) is 17.3 Å². The molecule has 1 aromatic rings. The number of hydrogen-bond donors (Lipinski definition) is 3. The minimum atomic E-state index is -1.25. The Morgan fingerprint density at radius 3 is 2.63 bits per heavy atom. The molecule has 4 N–H and O–H groups in total. The minimum absolute atomic E-state index is 0.177. The van der Waals surface area contributed by atoms with Crippen molar-refractivity contribution >= 4 is 23.4 Å². The molecule has 150 valence electrons. The van der Waals surface area contributed by atoms with Crippen LogP contribution in [0, 0.1) is 5.41 Å². The van der Waals surface area contributed by atoms with Crippen LogP contribution < -0.4 is 11.1 Å². The van der Waals surface area contributed by atoms with Crippen LogP contribution in [0.2, 0.25) is 5.02 Å². The average Bonchev–Trinajstić information content (AvgIpc) is 3.14. The van der Waals surface area contributed by atoms with Crippen molar-refractivity contribution in [1.82, 2.24) is 10.2 Å². The van der Waals surface area contributed by atoms with E-state index in [-0.39, 0.29) is 18.5 Å². The summed E-state index contributed by atoms with van der Waals surface area (Å²) < 4.78 is 0. The summed E-state index contributed by atoms with van der Waals surface area (Å²) in [5, 5.41) is 14.2. The first-order chi connectivity index (χ1) is 12.6. The highest BCUT2D eigenvalue weighted by Gasteiger charge is 2.37. The van der Waals surface area contributed by atoms with Gasteiger partial charge in [0.2, 0.25) is 5.91 Å². The molecule has 0 unspecified atom stereocenters. The Morgan fingerprint density at radius 2 is 2.07 bits per heavy atom. The van der Waals surface area contributed by atoms with Crippen molar-refractivity contribution in [2.45, 2.75) is 58.7 Å². The topological polar surface area (TPSA) is 95.7 Å². The maximum atomic E-state index is 12.9. The number of hydrogen-bond acceptors (Lipinski definition) is 5. The molecule has 2 rings (SSSR count). The molecule has 1 aliphatic rings. The lowest BCUT2D eigenvalue weighted by Gasteiger charge is -2.31. The largest absolute Gasteiger partial charge is 0.383 e. The molecule has 1 heterocycles. The highest BCUT2D eigenvalue weighted by atomic mass is 35.5. The van der Waals surface area contributed by atoms with Crippen LogP contribution in [0.25, 0.3) is 0 Å². The molecule has 1 aliphatic heterocycles. The molecular formula is C20H30ClN3O3. The smallest absolute Gasteiger partial charge is 0.258 e. The molecule has 1 saturated heterocycles. The van der Waals surface area contributed by atoms with E-state index in [0.717, 1.165) is 24.1 Å². The molecule has 0 bridgehead atoms. The first-order valence-electron chi connectivity index (χ1n) is 9.39. The zero-order valence-corrected chi connectivity index (χ0v) is 17.1. The minimum Gasteiger partial charge on any atom is -0.383 e. The van der Waals surface area contributed by atoms with Crippen LogP contribution in [0.3, 0.4) is 0 Å². The summed E-state index contributed by atoms with van der Waals surface area (Å²) in [6.07, 6.45) is 0.774. The van der Waals surface area contributed by atoms with Gasteiger partial charge in [0, 0.05) is 18.1 Å². The fourth-order valence-electron chi connectivity index (χ4n) is 3.19. The Hall–Kier alpha value is -1.47. The number of rotatable bonds is 6. The van der Waals surface area contributed by atoms with E-state index in [0.29, 0.717) is 24.4 Å². The van der Waals surface area contributed by atoms with E-state index in [1.165, 1.54) is 4.90 Å². The summed E-state index contributed by atoms with van der Waals surface area (Å²) in [5.74, 6) is -0.838. The average molecular weight is 396 g/mol. The summed E-state index contributed by atoms with van der Waals surface area (Å²) in [6, 6.07) is 5.06. The number of benzene rings is 1. The van der Waals surface area contributed by atoms with Gasteiger partial charge in [0.15, 0.2) is 0 Å². The van der Waals surface area contributed by atoms with Gasteiger partial charge in [-0.05, 0) is 54.5 Å². The number of halogens is 1. The van der Waals surface area contributed by atoms with Gasteiger partial charge in [-0.3, -0.25) is 14.5 Å². The molecule has 7 heteroatoms. The predicted octanol–water partition coefficient (Wildman–Crippen LogP) is 1.86. The molecule has 0 spiro atoms. The van der Waals surface area contributed by atoms with Gasteiger partial charge in [-0.2, -0.15) is 0 Å². The van der Waals surface area contributed by atoms with Gasteiger partial charge in [0.1, 0.15) is 6.10 Å². The Kier molecular flexibility index (Phi) is 7.40. The Balaban J connectivity index is 2.23. The molecule has 2 atom stereocenters. The van der Waals surface area contributed by atoms with Gasteiger partial charge in [-0.15, -0.1) is 0 Å². The van der Waals surface area contributed by atoms with Crippen LogP contribution in [0.4, 0.5) is 0 Å². The highest BCUT2D eigenvalue weighted by molar-refractivity contribution is 6.30. The molecule has 1 fully saturated rings. The van der Waals surface area contributed by atoms with Gasteiger partial charge in [-0.1, -0.05) is 38.4 Å². The number of amides is 2. The number of imide groups is 1. The van der Waals surface area contributed by atoms with E-state index >= 15 is 0 Å². The number of aliphatic hydroxyl groups is 1. The number of nitrogens with zero attached hydrogens (tertiary/aromatic N) is 1. The van der Waals surface area contributed by atoms with Crippen molar-refractivity contribution in [3.8, 4) is 0 Å². The third-order valence-corrected chi connectivity index (χ3v) is 5.17. The van der Waals surface area contributed by atoms with Crippen LogP contribution in [-0.4, -0.2) is 47.1 Å². The summed E-state index contributed by atoms with van der Waals surface area (Å²) in [5.41, 5.74) is 6.96. The summed E-state index contributed by atoms with van der Waals surface area (Å²) in [7, 11) is 0. The van der Waals surface area contributed by atoms with E-state index in [1.807, 2.05) is 12.1 Å². The van der Waals surface area contributed by atoms with Crippen LogP contribution >= 0.6 is 11.6 Å². The maximum absolute atomic E-state index is 12.9. The van der Waals surface area contributed by atoms with Crippen molar-refractivity contribution in [2.24, 2.45) is 11.1 Å². The van der Waals surface area contributed by atoms with Gasteiger partial charge < -0.3 is 16.2 Å². The molecule has 1 aromatic carbocycles. The lowest BCUT2D eigenvalue weighted by molar-refractivity contribution is -0.155. The van der Waals surface area contributed by atoms with Crippen molar-refractivity contribution in [3.05, 3.63) is 34.3 Å². The number of carbonyl (C=O) groups is 2. The van der Waals surface area contributed by atoms with Gasteiger partial charge in [0.25, 0.3) is 5.91 Å². The molecule has 2 amide bonds. The second kappa shape index (κ2) is 9.15. The SMILES string of the molecule is CC(C)(C)[C@@H](O)C(=O)N(CCc1cc(Cl)ccc1CN)C(=O)[C@@H]1CCCN1. The van der Waals surface area contributed by atoms with Crippen LogP contribution in [0.1, 0.15) is 44.7 Å². The Bertz CT molecular complexity index is 682. The Morgan fingerprint density at radius 1 is 1.37 bits per heavy atom. The van der Waals surface area contributed by atoms with Crippen molar-refractivity contribution in [2.75, 3.05) is 13.1 Å². The lowest BCUT2D eigenvalue weighted by Crippen LogP contribution is -2.53. The molecular weight excluding hydrogens is 366 g/mol. The molecule has 27 heavy (non-hydrogen) atoms. The highest BCUT2D eigenvalue weighted by Crippen LogP contribution is 2.23. The quantitative estimate of drug-likeness (QED) is 0.683. The lowest BCUT2D eigenvalue weighted by atomic mass is 9.88. The van der Waals surface area contributed by atoms with Crippen LogP contribution in [-0.2, 0) is 22.6 Å². The number of nitrogens with one attached hydrogen (secondary N) is 1.